The van der Waals surface area contributed by atoms with E-state index in [1.54, 1.807) is 0 Å². The van der Waals surface area contributed by atoms with Crippen molar-refractivity contribution in [3.63, 3.8) is 0 Å². The van der Waals surface area contributed by atoms with E-state index in [0.717, 1.165) is 11.0 Å². The number of carbonyl (C=O) groups excluding carboxylic acids is 1. The van der Waals surface area contributed by atoms with Crippen molar-refractivity contribution in [3.05, 3.63) is 29.8 Å². The normalized spacial score (nSPS) is 21.1. The zero-order chi connectivity index (χ0) is 12.6. The van der Waals surface area contributed by atoms with Gasteiger partial charge >= 0.3 is 6.18 Å². The van der Waals surface area contributed by atoms with Crippen LogP contribution in [0.3, 0.4) is 0 Å². The molecule has 1 aliphatic rings. The summed E-state index contributed by atoms with van der Waals surface area (Å²) in [6, 6.07) is 5.02. The molecule has 1 aromatic rings. The Bertz CT molecular complexity index is 447. The second-order valence-corrected chi connectivity index (χ2v) is 4.44. The molecule has 92 valence electrons. The van der Waals surface area contributed by atoms with E-state index in [9.17, 15) is 18.0 Å². The van der Waals surface area contributed by atoms with Crippen LogP contribution in [0.25, 0.3) is 0 Å². The number of benzene rings is 1. The maximum absolute atomic E-state index is 12.8. The number of carbonyl (C=O) groups is 1. The number of amides is 1. The quantitative estimate of drug-likeness (QED) is 0.713. The lowest BCUT2D eigenvalue weighted by Crippen LogP contribution is -2.27. The molecular weight excluding hydrogens is 255 g/mol. The van der Waals surface area contributed by atoms with Crippen molar-refractivity contribution in [2.75, 3.05) is 11.4 Å². The van der Waals surface area contributed by atoms with E-state index in [-0.39, 0.29) is 24.6 Å². The monoisotopic (exact) mass is 263 g/mol. The number of nitrogens with zero attached hydrogens (tertiary/aromatic N) is 1. The number of hydrogen-bond donors (Lipinski definition) is 0. The number of anilines is 1. The van der Waals surface area contributed by atoms with Crippen molar-refractivity contribution in [3.8, 4) is 0 Å². The van der Waals surface area contributed by atoms with Crippen molar-refractivity contribution < 1.29 is 18.0 Å². The molecule has 0 N–H and O–H groups in total. The molecule has 0 radical (unpaired) electrons. The predicted octanol–water partition coefficient (Wildman–Crippen LogP) is 3.05. The summed E-state index contributed by atoms with van der Waals surface area (Å²) in [5.74, 6) is -0.373. The minimum atomic E-state index is -4.47. The van der Waals surface area contributed by atoms with Gasteiger partial charge in [0.05, 0.1) is 16.6 Å². The summed E-state index contributed by atoms with van der Waals surface area (Å²) in [4.78, 5) is 12.6. The Morgan fingerprint density at radius 3 is 2.47 bits per heavy atom. The Morgan fingerprint density at radius 1 is 1.29 bits per heavy atom. The third kappa shape index (κ3) is 2.39. The molecular formula is C11H9ClF3NO. The van der Waals surface area contributed by atoms with Gasteiger partial charge in [-0.25, -0.2) is 0 Å². The molecule has 1 fully saturated rings. The van der Waals surface area contributed by atoms with Crippen LogP contribution in [0.15, 0.2) is 24.3 Å². The third-order valence-corrected chi connectivity index (χ3v) is 2.87. The summed E-state index contributed by atoms with van der Waals surface area (Å²) in [5, 5.41) is -0.427. The summed E-state index contributed by atoms with van der Waals surface area (Å²) >= 11 is 5.77. The summed E-state index contributed by atoms with van der Waals surface area (Å²) in [6.45, 7) is 0.119. The van der Waals surface area contributed by atoms with Crippen LogP contribution in [-0.2, 0) is 11.0 Å². The molecule has 2 nitrogen and oxygen atoms in total. The van der Waals surface area contributed by atoms with Gasteiger partial charge < -0.3 is 4.90 Å². The molecule has 1 aromatic carbocycles. The van der Waals surface area contributed by atoms with Crippen molar-refractivity contribution in [1.29, 1.82) is 0 Å². The summed E-state index contributed by atoms with van der Waals surface area (Å²) < 4.78 is 38.3. The summed E-state index contributed by atoms with van der Waals surface area (Å²) in [5.41, 5.74) is -0.924. The van der Waals surface area contributed by atoms with Gasteiger partial charge in [0.2, 0.25) is 5.91 Å². The second kappa shape index (κ2) is 4.22. The van der Waals surface area contributed by atoms with Gasteiger partial charge in [-0.2, -0.15) is 13.2 Å². The van der Waals surface area contributed by atoms with Gasteiger partial charge in [-0.15, -0.1) is 11.6 Å². The van der Waals surface area contributed by atoms with E-state index in [1.807, 2.05) is 0 Å². The molecule has 0 bridgehead atoms. The van der Waals surface area contributed by atoms with Gasteiger partial charge in [0.1, 0.15) is 0 Å². The molecule has 17 heavy (non-hydrogen) atoms. The van der Waals surface area contributed by atoms with E-state index < -0.39 is 17.1 Å². The minimum Gasteiger partial charge on any atom is -0.310 e. The number of para-hydroxylation sites is 1. The van der Waals surface area contributed by atoms with Crippen molar-refractivity contribution in [1.82, 2.24) is 0 Å². The highest BCUT2D eigenvalue weighted by atomic mass is 35.5. The number of rotatable bonds is 1. The van der Waals surface area contributed by atoms with Gasteiger partial charge in [-0.05, 0) is 12.1 Å². The second-order valence-electron chi connectivity index (χ2n) is 3.82. The minimum absolute atomic E-state index is 0.0771. The Hall–Kier alpha value is -1.23. The number of alkyl halides is 4. The molecule has 0 aromatic heterocycles. The molecule has 1 unspecified atom stereocenters. The Labute approximate surface area is 101 Å². The van der Waals surface area contributed by atoms with Crippen LogP contribution in [-0.4, -0.2) is 17.8 Å². The van der Waals surface area contributed by atoms with Gasteiger partial charge in [-0.1, -0.05) is 12.1 Å². The third-order valence-electron chi connectivity index (χ3n) is 2.58. The standard InChI is InChI=1S/C11H9ClF3NO/c12-7-5-10(17)16(6-7)9-4-2-1-3-8(9)11(13,14)15/h1-4,7H,5-6H2. The largest absolute Gasteiger partial charge is 0.418 e. The molecule has 1 atom stereocenters. The fraction of sp³-hybridized carbons (Fsp3) is 0.364. The predicted molar refractivity (Wildman–Crippen MR) is 58.1 cm³/mol. The zero-order valence-electron chi connectivity index (χ0n) is 8.67. The van der Waals surface area contributed by atoms with E-state index in [2.05, 4.69) is 0 Å². The molecule has 0 saturated carbocycles. The average Bonchev–Trinajstić information content (AvgIpc) is 2.56. The molecule has 6 heteroatoms. The molecule has 0 spiro atoms. The first kappa shape index (κ1) is 12.2. The maximum Gasteiger partial charge on any atom is 0.418 e. The fourth-order valence-corrected chi connectivity index (χ4v) is 2.12. The van der Waals surface area contributed by atoms with Crippen LogP contribution in [0.1, 0.15) is 12.0 Å². The lowest BCUT2D eigenvalue weighted by Gasteiger charge is -2.20. The smallest absolute Gasteiger partial charge is 0.310 e. The van der Waals surface area contributed by atoms with Gasteiger partial charge in [0, 0.05) is 13.0 Å². The van der Waals surface area contributed by atoms with E-state index >= 15 is 0 Å². The molecule has 1 amide bonds. The highest BCUT2D eigenvalue weighted by Crippen LogP contribution is 2.38. The molecule has 0 aliphatic carbocycles. The first-order chi connectivity index (χ1) is 7.89. The van der Waals surface area contributed by atoms with Crippen LogP contribution < -0.4 is 4.90 Å². The zero-order valence-corrected chi connectivity index (χ0v) is 9.42. The van der Waals surface area contributed by atoms with Gasteiger partial charge in [0.25, 0.3) is 0 Å². The molecule has 1 aliphatic heterocycles. The van der Waals surface area contributed by atoms with Crippen LogP contribution in [0.4, 0.5) is 18.9 Å². The lowest BCUT2D eigenvalue weighted by atomic mass is 10.1. The topological polar surface area (TPSA) is 20.3 Å². The fourth-order valence-electron chi connectivity index (χ4n) is 1.85. The highest BCUT2D eigenvalue weighted by molar-refractivity contribution is 6.24. The van der Waals surface area contributed by atoms with Crippen LogP contribution in [0.2, 0.25) is 0 Å². The highest BCUT2D eigenvalue weighted by Gasteiger charge is 2.38. The maximum atomic E-state index is 12.8. The van der Waals surface area contributed by atoms with Gasteiger partial charge in [-0.3, -0.25) is 4.79 Å². The van der Waals surface area contributed by atoms with Crippen molar-refractivity contribution in [2.24, 2.45) is 0 Å². The average molecular weight is 264 g/mol. The summed E-state index contributed by atoms with van der Waals surface area (Å²) in [6.07, 6.45) is -4.39. The van der Waals surface area contributed by atoms with E-state index in [0.29, 0.717) is 0 Å². The van der Waals surface area contributed by atoms with Crippen LogP contribution in [0.5, 0.6) is 0 Å². The Morgan fingerprint density at radius 2 is 1.94 bits per heavy atom. The molecule has 1 saturated heterocycles. The van der Waals surface area contributed by atoms with Crippen LogP contribution in [0, 0.1) is 0 Å². The number of hydrogen-bond acceptors (Lipinski definition) is 1. The Kier molecular flexibility index (Phi) is 3.03. The van der Waals surface area contributed by atoms with Crippen molar-refractivity contribution >= 4 is 23.2 Å². The molecule has 1 heterocycles. The molecule has 2 rings (SSSR count). The first-order valence-electron chi connectivity index (χ1n) is 5.00. The van der Waals surface area contributed by atoms with Crippen molar-refractivity contribution in [2.45, 2.75) is 18.0 Å². The Balaban J connectivity index is 2.42. The van der Waals surface area contributed by atoms with Gasteiger partial charge in [0.15, 0.2) is 0 Å². The lowest BCUT2D eigenvalue weighted by molar-refractivity contribution is -0.137. The first-order valence-corrected chi connectivity index (χ1v) is 5.44. The van der Waals surface area contributed by atoms with Crippen LogP contribution >= 0.6 is 11.6 Å². The SMILES string of the molecule is O=C1CC(Cl)CN1c1ccccc1C(F)(F)F. The van der Waals surface area contributed by atoms with E-state index in [1.165, 1.54) is 18.2 Å². The summed E-state index contributed by atoms with van der Waals surface area (Å²) in [7, 11) is 0. The van der Waals surface area contributed by atoms with E-state index in [4.69, 9.17) is 11.6 Å². The number of halogens is 4.